The lowest BCUT2D eigenvalue weighted by molar-refractivity contribution is -0.123. The first kappa shape index (κ1) is 21.4. The SMILES string of the molecule is CC(=O)N(CP(=O)(O)O)S(=O)(=O)c1cc2cc(OCCCl)cc(Cl)c2s1. The van der Waals surface area contributed by atoms with Gasteiger partial charge in [0.2, 0.25) is 5.91 Å². The fourth-order valence-corrected chi connectivity index (χ4v) is 6.60. The molecule has 2 aromatic rings. The molecule has 0 radical (unpaired) electrons. The minimum atomic E-state index is -4.79. The summed E-state index contributed by atoms with van der Waals surface area (Å²) in [5.41, 5.74) is 0. The van der Waals surface area contributed by atoms with Crippen molar-refractivity contribution in [3.05, 3.63) is 23.2 Å². The maximum absolute atomic E-state index is 12.7. The molecule has 26 heavy (non-hydrogen) atoms. The molecule has 0 fully saturated rings. The van der Waals surface area contributed by atoms with Crippen LogP contribution in [0.4, 0.5) is 0 Å². The second kappa shape index (κ2) is 8.02. The van der Waals surface area contributed by atoms with Crippen LogP contribution in [0.5, 0.6) is 5.75 Å². The Bertz CT molecular complexity index is 986. The highest BCUT2D eigenvalue weighted by molar-refractivity contribution is 7.92. The highest BCUT2D eigenvalue weighted by atomic mass is 35.5. The molecule has 0 atom stereocenters. The van der Waals surface area contributed by atoms with E-state index in [0.29, 0.717) is 15.8 Å². The number of ether oxygens (including phenoxy) is 1. The lowest BCUT2D eigenvalue weighted by atomic mass is 10.2. The minimum Gasteiger partial charge on any atom is -0.492 e. The van der Waals surface area contributed by atoms with Crippen LogP contribution in [0, 0.1) is 0 Å². The first-order valence-corrected chi connectivity index (χ1v) is 11.9. The molecule has 2 N–H and O–H groups in total. The van der Waals surface area contributed by atoms with Gasteiger partial charge in [0.15, 0.2) is 0 Å². The van der Waals surface area contributed by atoms with Gasteiger partial charge in [-0.25, -0.2) is 12.7 Å². The third-order valence-electron chi connectivity index (χ3n) is 3.08. The monoisotopic (exact) mass is 461 g/mol. The van der Waals surface area contributed by atoms with Crippen LogP contribution in [0.2, 0.25) is 5.02 Å². The molecule has 0 unspecified atom stereocenters. The number of thiophene rings is 1. The smallest absolute Gasteiger partial charge is 0.346 e. The average molecular weight is 462 g/mol. The van der Waals surface area contributed by atoms with Crippen LogP contribution in [0.15, 0.2) is 22.4 Å². The molecule has 8 nitrogen and oxygen atoms in total. The van der Waals surface area contributed by atoms with Gasteiger partial charge in [-0.3, -0.25) is 9.36 Å². The highest BCUT2D eigenvalue weighted by Gasteiger charge is 2.34. The van der Waals surface area contributed by atoms with Crippen molar-refractivity contribution in [2.75, 3.05) is 18.8 Å². The van der Waals surface area contributed by atoms with Crippen LogP contribution in [-0.2, 0) is 19.4 Å². The van der Waals surface area contributed by atoms with E-state index in [-0.39, 0.29) is 26.0 Å². The van der Waals surface area contributed by atoms with Crippen molar-refractivity contribution in [3.63, 3.8) is 0 Å². The van der Waals surface area contributed by atoms with Crippen molar-refractivity contribution >= 4 is 68.2 Å². The number of hydrogen-bond donors (Lipinski definition) is 2. The lowest BCUT2D eigenvalue weighted by Crippen LogP contribution is -2.35. The number of carbonyl (C=O) groups excluding carboxylic acids is 1. The van der Waals surface area contributed by atoms with E-state index in [9.17, 15) is 17.8 Å². The Balaban J connectivity index is 2.52. The van der Waals surface area contributed by atoms with Gasteiger partial charge >= 0.3 is 7.60 Å². The summed E-state index contributed by atoms with van der Waals surface area (Å²) in [7, 11) is -9.24. The number of hydrogen-bond acceptors (Lipinski definition) is 6. The van der Waals surface area contributed by atoms with Crippen LogP contribution in [0.25, 0.3) is 10.1 Å². The molecule has 0 saturated carbocycles. The average Bonchev–Trinajstić information content (AvgIpc) is 2.95. The van der Waals surface area contributed by atoms with Gasteiger partial charge in [0, 0.05) is 13.0 Å². The third kappa shape index (κ3) is 4.89. The van der Waals surface area contributed by atoms with E-state index in [1.54, 1.807) is 6.07 Å². The molecule has 1 aromatic carbocycles. The largest absolute Gasteiger partial charge is 0.492 e. The molecule has 0 aliphatic heterocycles. The van der Waals surface area contributed by atoms with Crippen LogP contribution in [0.1, 0.15) is 6.92 Å². The number of halogens is 2. The summed E-state index contributed by atoms with van der Waals surface area (Å²) in [6, 6.07) is 4.33. The molecule has 1 aromatic heterocycles. The van der Waals surface area contributed by atoms with Gasteiger partial charge in [-0.2, -0.15) is 0 Å². The van der Waals surface area contributed by atoms with E-state index in [4.69, 9.17) is 37.7 Å². The maximum atomic E-state index is 12.7. The van der Waals surface area contributed by atoms with Crippen molar-refractivity contribution in [1.29, 1.82) is 0 Å². The fourth-order valence-electron chi connectivity index (χ4n) is 2.05. The normalized spacial score (nSPS) is 12.3. The zero-order chi connectivity index (χ0) is 19.7. The lowest BCUT2D eigenvalue weighted by Gasteiger charge is -2.20. The third-order valence-corrected chi connectivity index (χ3v) is 7.94. The van der Waals surface area contributed by atoms with E-state index in [0.717, 1.165) is 18.3 Å². The second-order valence-electron chi connectivity index (χ2n) is 5.11. The summed E-state index contributed by atoms with van der Waals surface area (Å²) in [6.07, 6.45) is -1.24. The Kier molecular flexibility index (Phi) is 6.61. The van der Waals surface area contributed by atoms with Crippen LogP contribution < -0.4 is 4.74 Å². The van der Waals surface area contributed by atoms with Gasteiger partial charge in [-0.1, -0.05) is 11.6 Å². The molecule has 0 aliphatic carbocycles. The van der Waals surface area contributed by atoms with Crippen LogP contribution in [-0.4, -0.2) is 47.2 Å². The van der Waals surface area contributed by atoms with Crippen molar-refractivity contribution in [2.24, 2.45) is 0 Å². The van der Waals surface area contributed by atoms with Gasteiger partial charge < -0.3 is 14.5 Å². The molecule has 0 bridgehead atoms. The van der Waals surface area contributed by atoms with E-state index < -0.39 is 29.8 Å². The van der Waals surface area contributed by atoms with Crippen molar-refractivity contribution in [2.45, 2.75) is 11.1 Å². The zero-order valence-corrected chi connectivity index (χ0v) is 17.3. The molecule has 2 rings (SSSR count). The molecule has 1 amide bonds. The number of alkyl halides is 1. The van der Waals surface area contributed by atoms with Gasteiger partial charge in [-0.05, 0) is 17.5 Å². The maximum Gasteiger partial charge on any atom is 0.346 e. The first-order valence-electron chi connectivity index (χ1n) is 6.95. The zero-order valence-electron chi connectivity index (χ0n) is 13.3. The summed E-state index contributed by atoms with van der Waals surface area (Å²) >= 11 is 12.5. The molecule has 0 saturated heterocycles. The van der Waals surface area contributed by atoms with Crippen molar-refractivity contribution < 1.29 is 32.3 Å². The number of benzene rings is 1. The molecular formula is C13H14Cl2NO7PS2. The quantitative estimate of drug-likeness (QED) is 0.480. The van der Waals surface area contributed by atoms with Crippen molar-refractivity contribution in [1.82, 2.24) is 4.31 Å². The molecular weight excluding hydrogens is 448 g/mol. The standard InChI is InChI=1S/C13H14Cl2NO7PS2/c1-8(17)16(7-24(18,19)20)26(21,22)12-5-9-4-10(23-3-2-14)6-11(15)13(9)25-12/h4-6H,2-3,7H2,1H3,(H2,18,19,20). The summed E-state index contributed by atoms with van der Waals surface area (Å²) in [5, 5.41) is 0.688. The van der Waals surface area contributed by atoms with E-state index in [2.05, 4.69) is 0 Å². The van der Waals surface area contributed by atoms with Crippen molar-refractivity contribution in [3.8, 4) is 5.75 Å². The predicted molar refractivity (Wildman–Crippen MR) is 99.7 cm³/mol. The molecule has 0 aliphatic rings. The molecule has 13 heteroatoms. The molecule has 0 spiro atoms. The van der Waals surface area contributed by atoms with Gasteiger partial charge in [-0.15, -0.1) is 22.9 Å². The number of amides is 1. The number of carbonyl (C=O) groups is 1. The summed E-state index contributed by atoms with van der Waals surface area (Å²) in [5.74, 6) is -0.360. The number of fused-ring (bicyclic) bond motifs is 1. The topological polar surface area (TPSA) is 121 Å². The van der Waals surface area contributed by atoms with Gasteiger partial charge in [0.1, 0.15) is 22.9 Å². The Hall–Kier alpha value is -0.870. The first-order chi connectivity index (χ1) is 12.0. The van der Waals surface area contributed by atoms with E-state index in [1.165, 1.54) is 12.1 Å². The van der Waals surface area contributed by atoms with E-state index >= 15 is 0 Å². The summed E-state index contributed by atoms with van der Waals surface area (Å²) in [4.78, 5) is 29.8. The summed E-state index contributed by atoms with van der Waals surface area (Å²) in [6.45, 7) is 1.14. The molecule has 1 heterocycles. The van der Waals surface area contributed by atoms with Crippen LogP contribution >= 0.6 is 42.1 Å². The molecule has 144 valence electrons. The predicted octanol–water partition coefficient (Wildman–Crippen LogP) is 2.84. The number of rotatable bonds is 7. The van der Waals surface area contributed by atoms with Gasteiger partial charge in [0.25, 0.3) is 10.0 Å². The minimum absolute atomic E-state index is 0.150. The number of nitrogens with zero attached hydrogens (tertiary/aromatic N) is 1. The highest BCUT2D eigenvalue weighted by Crippen LogP contribution is 2.41. The number of sulfonamides is 1. The Morgan fingerprint density at radius 2 is 2.00 bits per heavy atom. The Labute approximate surface area is 163 Å². The Morgan fingerprint density at radius 1 is 1.35 bits per heavy atom. The van der Waals surface area contributed by atoms with Gasteiger partial charge in [0.05, 0.1) is 15.6 Å². The van der Waals surface area contributed by atoms with Crippen LogP contribution in [0.3, 0.4) is 0 Å². The summed E-state index contributed by atoms with van der Waals surface area (Å²) < 4.78 is 42.2. The Morgan fingerprint density at radius 3 is 2.54 bits per heavy atom. The fraction of sp³-hybridized carbons (Fsp3) is 0.308. The second-order valence-corrected chi connectivity index (χ2v) is 10.6. The van der Waals surface area contributed by atoms with E-state index in [1.807, 2.05) is 0 Å².